The highest BCUT2D eigenvalue weighted by Crippen LogP contribution is 2.02. The molecule has 6 heteroatoms. The molecule has 94 valence electrons. The Balaban J connectivity index is 2.73. The van der Waals surface area contributed by atoms with Crippen molar-refractivity contribution in [1.82, 2.24) is 15.2 Å². The second-order valence-corrected chi connectivity index (χ2v) is 3.84. The molecule has 1 amide bonds. The van der Waals surface area contributed by atoms with Crippen molar-refractivity contribution in [2.75, 3.05) is 7.05 Å². The Labute approximate surface area is 99.3 Å². The molecule has 0 aliphatic heterocycles. The lowest BCUT2D eigenvalue weighted by molar-refractivity contribution is -0.122. The summed E-state index contributed by atoms with van der Waals surface area (Å²) in [5.74, 6) is -0.399. The van der Waals surface area contributed by atoms with Crippen LogP contribution in [0.2, 0.25) is 0 Å². The molecule has 0 aliphatic rings. The van der Waals surface area contributed by atoms with Crippen LogP contribution >= 0.6 is 0 Å². The number of carbonyl (C=O) groups excluding carboxylic acids is 1. The fraction of sp³-hybridized carbons (Fsp3) is 0.455. The number of rotatable bonds is 4. The molecule has 6 nitrogen and oxygen atoms in total. The minimum Gasteiger partial charge on any atom is -0.503 e. The highest BCUT2D eigenvalue weighted by molar-refractivity contribution is 5.80. The predicted octanol–water partition coefficient (Wildman–Crippen LogP) is -0.685. The number of nitrogens with one attached hydrogen (secondary N) is 2. The van der Waals surface area contributed by atoms with Crippen LogP contribution in [0.25, 0.3) is 0 Å². The smallest absolute Gasteiger partial charge is 0.236 e. The number of aryl methyl sites for hydroxylation is 1. The van der Waals surface area contributed by atoms with Crippen molar-refractivity contribution in [1.29, 1.82) is 0 Å². The summed E-state index contributed by atoms with van der Waals surface area (Å²) >= 11 is 0. The van der Waals surface area contributed by atoms with Crippen LogP contribution in [0.4, 0.5) is 0 Å². The van der Waals surface area contributed by atoms with Gasteiger partial charge in [-0.3, -0.25) is 9.59 Å². The predicted molar refractivity (Wildman–Crippen MR) is 63.7 cm³/mol. The first-order valence-electron chi connectivity index (χ1n) is 5.29. The van der Waals surface area contributed by atoms with Gasteiger partial charge in [-0.2, -0.15) is 0 Å². The van der Waals surface area contributed by atoms with E-state index < -0.39 is 5.43 Å². The lowest BCUT2D eigenvalue weighted by Gasteiger charge is -2.14. The minimum atomic E-state index is -0.424. The lowest BCUT2D eigenvalue weighted by Crippen LogP contribution is -2.40. The van der Waals surface area contributed by atoms with Gasteiger partial charge < -0.3 is 20.3 Å². The number of hydrogen-bond donors (Lipinski definition) is 3. The van der Waals surface area contributed by atoms with Crippen molar-refractivity contribution < 1.29 is 9.90 Å². The molecule has 17 heavy (non-hydrogen) atoms. The van der Waals surface area contributed by atoms with Crippen LogP contribution in [0.5, 0.6) is 5.75 Å². The van der Waals surface area contributed by atoms with E-state index in [9.17, 15) is 14.7 Å². The molecule has 0 saturated carbocycles. The first kappa shape index (κ1) is 13.2. The van der Waals surface area contributed by atoms with E-state index in [-0.39, 0.29) is 17.7 Å². The zero-order valence-corrected chi connectivity index (χ0v) is 10.2. The van der Waals surface area contributed by atoms with Crippen molar-refractivity contribution in [3.63, 3.8) is 0 Å². The molecular formula is C11H17N3O3. The summed E-state index contributed by atoms with van der Waals surface area (Å²) < 4.78 is 1.64. The van der Waals surface area contributed by atoms with E-state index in [2.05, 4.69) is 10.6 Å². The van der Waals surface area contributed by atoms with E-state index >= 15 is 0 Å². The molecule has 0 saturated heterocycles. The maximum absolute atomic E-state index is 11.3. The third-order valence-corrected chi connectivity index (χ3v) is 2.55. The monoisotopic (exact) mass is 239 g/mol. The van der Waals surface area contributed by atoms with E-state index in [0.717, 1.165) is 0 Å². The number of amides is 1. The van der Waals surface area contributed by atoms with Crippen LogP contribution in [0.1, 0.15) is 12.6 Å². The lowest BCUT2D eigenvalue weighted by atomic mass is 10.2. The quantitative estimate of drug-likeness (QED) is 0.650. The van der Waals surface area contributed by atoms with Gasteiger partial charge >= 0.3 is 0 Å². The number of pyridine rings is 1. The molecule has 3 N–H and O–H groups in total. The second-order valence-electron chi connectivity index (χ2n) is 3.84. The van der Waals surface area contributed by atoms with Gasteiger partial charge in [-0.1, -0.05) is 0 Å². The maximum atomic E-state index is 11.3. The number of aromatic hydroxyl groups is 1. The summed E-state index contributed by atoms with van der Waals surface area (Å²) in [4.78, 5) is 22.5. The number of nitrogens with zero attached hydrogens (tertiary/aromatic N) is 1. The van der Waals surface area contributed by atoms with Crippen molar-refractivity contribution >= 4 is 5.91 Å². The van der Waals surface area contributed by atoms with Gasteiger partial charge in [0.25, 0.3) is 0 Å². The number of hydrogen-bond acceptors (Lipinski definition) is 4. The molecule has 1 unspecified atom stereocenters. The van der Waals surface area contributed by atoms with Crippen LogP contribution in [0, 0.1) is 0 Å². The van der Waals surface area contributed by atoms with Gasteiger partial charge in [-0.25, -0.2) is 0 Å². The van der Waals surface area contributed by atoms with E-state index in [1.807, 2.05) is 0 Å². The van der Waals surface area contributed by atoms with Crippen molar-refractivity contribution in [3.8, 4) is 5.75 Å². The van der Waals surface area contributed by atoms with Crippen LogP contribution in [-0.2, 0) is 18.4 Å². The van der Waals surface area contributed by atoms with Crippen LogP contribution in [-0.4, -0.2) is 28.7 Å². The SMILES string of the molecule is CNC(=O)C(C)NCc1cc(=O)c(O)cn1C. The molecule has 0 fully saturated rings. The molecule has 1 heterocycles. The Kier molecular flexibility index (Phi) is 4.28. The number of aromatic nitrogens is 1. The summed E-state index contributed by atoms with van der Waals surface area (Å²) in [6.07, 6.45) is 1.35. The average Bonchev–Trinajstić information content (AvgIpc) is 2.30. The van der Waals surface area contributed by atoms with Crippen LogP contribution < -0.4 is 16.1 Å². The molecule has 0 bridgehead atoms. The normalized spacial score (nSPS) is 12.2. The standard InChI is InChI=1S/C11H17N3O3/c1-7(11(17)12-2)13-5-8-4-9(15)10(16)6-14(8)3/h4,6-7,13,16H,5H2,1-3H3,(H,12,17). The second kappa shape index (κ2) is 5.49. The van der Waals surface area contributed by atoms with E-state index in [1.165, 1.54) is 12.3 Å². The average molecular weight is 239 g/mol. The van der Waals surface area contributed by atoms with Gasteiger partial charge in [0.1, 0.15) is 0 Å². The highest BCUT2D eigenvalue weighted by atomic mass is 16.3. The molecule has 1 atom stereocenters. The van der Waals surface area contributed by atoms with E-state index in [0.29, 0.717) is 12.2 Å². The zero-order valence-electron chi connectivity index (χ0n) is 10.2. The fourth-order valence-electron chi connectivity index (χ4n) is 1.40. The van der Waals surface area contributed by atoms with Gasteiger partial charge in [-0.15, -0.1) is 0 Å². The Morgan fingerprint density at radius 3 is 2.82 bits per heavy atom. The zero-order chi connectivity index (χ0) is 13.0. The van der Waals surface area contributed by atoms with Crippen molar-refractivity contribution in [2.24, 2.45) is 7.05 Å². The molecule has 0 radical (unpaired) electrons. The largest absolute Gasteiger partial charge is 0.503 e. The van der Waals surface area contributed by atoms with Gasteiger partial charge in [0.05, 0.1) is 6.04 Å². The van der Waals surface area contributed by atoms with Crippen molar-refractivity contribution in [3.05, 3.63) is 28.2 Å². The number of likely N-dealkylation sites (N-methyl/N-ethyl adjacent to an activating group) is 1. The molecule has 0 aromatic carbocycles. The third-order valence-electron chi connectivity index (χ3n) is 2.55. The summed E-state index contributed by atoms with van der Waals surface area (Å²) in [5, 5.41) is 14.7. The maximum Gasteiger partial charge on any atom is 0.236 e. The molecular weight excluding hydrogens is 222 g/mol. The van der Waals surface area contributed by atoms with E-state index in [1.54, 1.807) is 25.6 Å². The molecule has 0 spiro atoms. The summed E-state index contributed by atoms with van der Waals surface area (Å²) in [6.45, 7) is 2.11. The fourth-order valence-corrected chi connectivity index (χ4v) is 1.40. The van der Waals surface area contributed by atoms with Crippen LogP contribution in [0.3, 0.4) is 0 Å². The highest BCUT2D eigenvalue weighted by Gasteiger charge is 2.10. The summed E-state index contributed by atoms with van der Waals surface area (Å²) in [5.41, 5.74) is 0.274. The Hall–Kier alpha value is -1.82. The molecule has 1 rings (SSSR count). The molecule has 0 aliphatic carbocycles. The van der Waals surface area contributed by atoms with Gasteiger partial charge in [-0.05, 0) is 6.92 Å². The number of carbonyl (C=O) groups is 1. The van der Waals surface area contributed by atoms with Gasteiger partial charge in [0, 0.05) is 38.6 Å². The first-order chi connectivity index (χ1) is 7.95. The molecule has 1 aromatic rings. The van der Waals surface area contributed by atoms with E-state index in [4.69, 9.17) is 0 Å². The first-order valence-corrected chi connectivity index (χ1v) is 5.29. The minimum absolute atomic E-state index is 0.117. The van der Waals surface area contributed by atoms with Gasteiger partial charge in [0.2, 0.25) is 11.3 Å². The summed E-state index contributed by atoms with van der Waals surface area (Å²) in [7, 11) is 3.29. The van der Waals surface area contributed by atoms with Gasteiger partial charge in [0.15, 0.2) is 5.75 Å². The molecule has 1 aromatic heterocycles. The van der Waals surface area contributed by atoms with Crippen LogP contribution in [0.15, 0.2) is 17.1 Å². The summed E-state index contributed by atoms with van der Waals surface area (Å²) in [6, 6.07) is 1.00. The topological polar surface area (TPSA) is 83.4 Å². The Morgan fingerprint density at radius 2 is 2.24 bits per heavy atom. The Bertz CT molecular complexity index is 468. The third kappa shape index (κ3) is 3.32. The van der Waals surface area contributed by atoms with Crippen molar-refractivity contribution in [2.45, 2.75) is 19.5 Å². The Morgan fingerprint density at radius 1 is 1.59 bits per heavy atom.